The van der Waals surface area contributed by atoms with Crippen LogP contribution in [0.1, 0.15) is 30.8 Å². The molecule has 1 atom stereocenters. The molecule has 9 heteroatoms. The topological polar surface area (TPSA) is 103 Å². The zero-order valence-electron chi connectivity index (χ0n) is 19.3. The summed E-state index contributed by atoms with van der Waals surface area (Å²) in [6.07, 6.45) is -0.374. The number of carbonyl (C=O) groups excluding carboxylic acids is 2. The van der Waals surface area contributed by atoms with Gasteiger partial charge in [-0.2, -0.15) is 5.10 Å². The molecule has 2 heterocycles. The van der Waals surface area contributed by atoms with Gasteiger partial charge in [-0.1, -0.05) is 25.1 Å². The average Bonchev–Trinajstić information content (AvgIpc) is 2.86. The lowest BCUT2D eigenvalue weighted by molar-refractivity contribution is -0.123. The minimum Gasteiger partial charge on any atom is -0.448 e. The molecule has 9 nitrogen and oxygen atoms in total. The van der Waals surface area contributed by atoms with E-state index in [0.29, 0.717) is 42.6 Å². The maximum absolute atomic E-state index is 12.9. The summed E-state index contributed by atoms with van der Waals surface area (Å²) in [5.74, 6) is -1.22. The van der Waals surface area contributed by atoms with Crippen LogP contribution < -0.4 is 15.8 Å². The minimum absolute atomic E-state index is 0.0122. The Morgan fingerprint density at radius 1 is 1.09 bits per heavy atom. The minimum atomic E-state index is -1.06. The fourth-order valence-electron chi connectivity index (χ4n) is 3.84. The molecule has 1 saturated heterocycles. The highest BCUT2D eigenvalue weighted by molar-refractivity contribution is 6.03. The number of nitrogens with zero attached hydrogens (tertiary/aromatic N) is 3. The van der Waals surface area contributed by atoms with Crippen LogP contribution >= 0.6 is 0 Å². The van der Waals surface area contributed by atoms with Crippen LogP contribution in [0.15, 0.2) is 53.3 Å². The highest BCUT2D eigenvalue weighted by atomic mass is 16.5. The first-order valence-corrected chi connectivity index (χ1v) is 11.4. The van der Waals surface area contributed by atoms with E-state index in [9.17, 15) is 14.4 Å². The Kier molecular flexibility index (Phi) is 7.22. The van der Waals surface area contributed by atoms with Crippen LogP contribution in [0.4, 0.5) is 11.4 Å². The van der Waals surface area contributed by atoms with E-state index in [0.717, 1.165) is 18.8 Å². The lowest BCUT2D eigenvalue weighted by Crippen LogP contribution is -2.36. The number of nitrogens with one attached hydrogen (secondary N) is 1. The van der Waals surface area contributed by atoms with Crippen molar-refractivity contribution in [3.63, 3.8) is 0 Å². The second-order valence-corrected chi connectivity index (χ2v) is 8.11. The number of aryl methyl sites for hydroxylation is 1. The van der Waals surface area contributed by atoms with Crippen molar-refractivity contribution in [2.24, 2.45) is 0 Å². The molecule has 1 unspecified atom stereocenters. The zero-order valence-corrected chi connectivity index (χ0v) is 19.3. The number of ether oxygens (including phenoxy) is 2. The number of fused-ring (bicyclic) bond motifs is 1. The third kappa shape index (κ3) is 5.09. The Bertz CT molecular complexity index is 1230. The molecule has 0 saturated carbocycles. The average molecular weight is 465 g/mol. The van der Waals surface area contributed by atoms with Crippen LogP contribution in [0.5, 0.6) is 0 Å². The third-order valence-electron chi connectivity index (χ3n) is 5.66. The fraction of sp³-hybridized carbons (Fsp3) is 0.360. The van der Waals surface area contributed by atoms with Gasteiger partial charge in [0.1, 0.15) is 0 Å². The molecule has 178 valence electrons. The van der Waals surface area contributed by atoms with Gasteiger partial charge in [0.25, 0.3) is 11.5 Å². The molecule has 1 fully saturated rings. The third-order valence-corrected chi connectivity index (χ3v) is 5.66. The van der Waals surface area contributed by atoms with Crippen LogP contribution in [0.2, 0.25) is 0 Å². The summed E-state index contributed by atoms with van der Waals surface area (Å²) >= 11 is 0. The highest BCUT2D eigenvalue weighted by Gasteiger charge is 2.23. The van der Waals surface area contributed by atoms with Crippen molar-refractivity contribution in [2.75, 3.05) is 36.5 Å². The van der Waals surface area contributed by atoms with Gasteiger partial charge < -0.3 is 19.7 Å². The molecule has 2 aromatic carbocycles. The molecular weight excluding hydrogens is 436 g/mol. The number of benzene rings is 2. The molecule has 4 rings (SSSR count). The summed E-state index contributed by atoms with van der Waals surface area (Å²) in [7, 11) is 0. The number of hydrogen-bond donors (Lipinski definition) is 1. The van der Waals surface area contributed by atoms with Crippen molar-refractivity contribution in [2.45, 2.75) is 32.9 Å². The quantitative estimate of drug-likeness (QED) is 0.537. The number of morpholine rings is 1. The van der Waals surface area contributed by atoms with E-state index in [1.54, 1.807) is 24.3 Å². The number of anilines is 2. The fourth-order valence-corrected chi connectivity index (χ4v) is 3.84. The lowest BCUT2D eigenvalue weighted by atomic mass is 10.1. The van der Waals surface area contributed by atoms with Crippen LogP contribution in [-0.2, 0) is 20.8 Å². The molecule has 0 aliphatic carbocycles. The molecule has 0 radical (unpaired) electrons. The molecule has 0 spiro atoms. The number of rotatable bonds is 7. The van der Waals surface area contributed by atoms with Crippen LogP contribution in [0.25, 0.3) is 10.8 Å². The van der Waals surface area contributed by atoms with Crippen LogP contribution in [0.3, 0.4) is 0 Å². The number of esters is 1. The van der Waals surface area contributed by atoms with Gasteiger partial charge in [0.05, 0.1) is 18.6 Å². The first kappa shape index (κ1) is 23.4. The van der Waals surface area contributed by atoms with Crippen molar-refractivity contribution in [1.82, 2.24) is 9.78 Å². The molecule has 3 aromatic rings. The standard InChI is InChI=1S/C25H28N4O5/c1-3-12-29-24(31)21-7-5-4-6-20(21)22(27-29)25(32)34-17(2)23(30)26-18-8-10-19(11-9-18)28-13-15-33-16-14-28/h4-11,17H,3,12-16H2,1-2H3,(H,26,30). The lowest BCUT2D eigenvalue weighted by Gasteiger charge is -2.28. The van der Waals surface area contributed by atoms with Gasteiger partial charge in [0, 0.05) is 36.4 Å². The molecule has 1 aliphatic rings. The molecule has 1 aromatic heterocycles. The maximum atomic E-state index is 12.9. The molecular formula is C25H28N4O5. The SMILES string of the molecule is CCCn1nc(C(=O)OC(C)C(=O)Nc2ccc(N3CCOCC3)cc2)c2ccccc2c1=O. The van der Waals surface area contributed by atoms with E-state index in [2.05, 4.69) is 15.3 Å². The highest BCUT2D eigenvalue weighted by Crippen LogP contribution is 2.20. The smallest absolute Gasteiger partial charge is 0.360 e. The molecule has 1 N–H and O–H groups in total. The maximum Gasteiger partial charge on any atom is 0.360 e. The number of amides is 1. The first-order chi connectivity index (χ1) is 16.5. The summed E-state index contributed by atoms with van der Waals surface area (Å²) in [6, 6.07) is 14.3. The summed E-state index contributed by atoms with van der Waals surface area (Å²) in [5.41, 5.74) is 1.41. The molecule has 1 aliphatic heterocycles. The summed E-state index contributed by atoms with van der Waals surface area (Å²) in [5, 5.41) is 7.78. The Hall–Kier alpha value is -3.72. The normalized spacial score (nSPS) is 14.6. The zero-order chi connectivity index (χ0) is 24.1. The van der Waals surface area contributed by atoms with E-state index < -0.39 is 18.0 Å². The Morgan fingerprint density at radius 2 is 1.76 bits per heavy atom. The Morgan fingerprint density at radius 3 is 2.44 bits per heavy atom. The van der Waals surface area contributed by atoms with E-state index in [4.69, 9.17) is 9.47 Å². The van der Waals surface area contributed by atoms with E-state index in [-0.39, 0.29) is 11.3 Å². The second kappa shape index (κ2) is 10.5. The van der Waals surface area contributed by atoms with Crippen molar-refractivity contribution >= 4 is 34.0 Å². The van der Waals surface area contributed by atoms with Crippen LogP contribution in [-0.4, -0.2) is 54.1 Å². The van der Waals surface area contributed by atoms with Gasteiger partial charge in [-0.3, -0.25) is 9.59 Å². The van der Waals surface area contributed by atoms with Crippen molar-refractivity contribution in [3.8, 4) is 0 Å². The molecule has 34 heavy (non-hydrogen) atoms. The predicted molar refractivity (Wildman–Crippen MR) is 129 cm³/mol. The van der Waals surface area contributed by atoms with Gasteiger partial charge in [-0.25, -0.2) is 9.48 Å². The van der Waals surface area contributed by atoms with Crippen LogP contribution in [0, 0.1) is 0 Å². The summed E-state index contributed by atoms with van der Waals surface area (Å²) in [4.78, 5) is 40.4. The second-order valence-electron chi connectivity index (χ2n) is 8.11. The number of hydrogen-bond acceptors (Lipinski definition) is 7. The van der Waals surface area contributed by atoms with Gasteiger partial charge in [0.2, 0.25) is 0 Å². The number of aromatic nitrogens is 2. The summed E-state index contributed by atoms with van der Waals surface area (Å²) in [6.45, 7) is 6.84. The van der Waals surface area contributed by atoms with Crippen molar-refractivity contribution in [3.05, 3.63) is 64.6 Å². The predicted octanol–water partition coefficient (Wildman–Crippen LogP) is 2.83. The Balaban J connectivity index is 1.45. The van der Waals surface area contributed by atoms with Gasteiger partial charge in [0.15, 0.2) is 11.8 Å². The molecule has 1 amide bonds. The van der Waals surface area contributed by atoms with Gasteiger partial charge in [-0.05, 0) is 43.7 Å². The number of carbonyl (C=O) groups is 2. The first-order valence-electron chi connectivity index (χ1n) is 11.4. The van der Waals surface area contributed by atoms with Crippen molar-refractivity contribution < 1.29 is 19.1 Å². The summed E-state index contributed by atoms with van der Waals surface area (Å²) < 4.78 is 12.1. The largest absolute Gasteiger partial charge is 0.448 e. The molecule has 0 bridgehead atoms. The van der Waals surface area contributed by atoms with Gasteiger partial charge in [-0.15, -0.1) is 0 Å². The Labute approximate surface area is 197 Å². The van der Waals surface area contributed by atoms with E-state index in [1.165, 1.54) is 11.6 Å². The van der Waals surface area contributed by atoms with Crippen molar-refractivity contribution in [1.29, 1.82) is 0 Å². The monoisotopic (exact) mass is 464 g/mol. The van der Waals surface area contributed by atoms with E-state index >= 15 is 0 Å². The van der Waals surface area contributed by atoms with Gasteiger partial charge >= 0.3 is 5.97 Å². The van der Waals surface area contributed by atoms with E-state index in [1.807, 2.05) is 31.2 Å².